The van der Waals surface area contributed by atoms with Crippen molar-refractivity contribution in [2.45, 2.75) is 19.3 Å². The Balaban J connectivity index is 1.27. The van der Waals surface area contributed by atoms with Gasteiger partial charge in [0.1, 0.15) is 17.0 Å². The molecule has 1 aliphatic rings. The van der Waals surface area contributed by atoms with Crippen LogP contribution in [0.15, 0.2) is 73.3 Å². The van der Waals surface area contributed by atoms with E-state index in [1.54, 1.807) is 43.0 Å². The Kier molecular flexibility index (Phi) is 5.21. The van der Waals surface area contributed by atoms with Gasteiger partial charge in [0.05, 0.1) is 40.5 Å². The Bertz CT molecular complexity index is 1840. The van der Waals surface area contributed by atoms with Gasteiger partial charge in [0.15, 0.2) is 0 Å². The highest BCUT2D eigenvalue weighted by Crippen LogP contribution is 2.35. The van der Waals surface area contributed by atoms with Crippen molar-refractivity contribution < 1.29 is 9.18 Å². The third kappa shape index (κ3) is 3.80. The fourth-order valence-electron chi connectivity index (χ4n) is 4.88. The molecule has 1 amide bonds. The Labute approximate surface area is 216 Å². The number of hydrogen-bond acceptors (Lipinski definition) is 5. The molecule has 8 nitrogen and oxygen atoms in total. The molecule has 1 aromatic carbocycles. The number of pyridine rings is 3. The molecule has 7 rings (SSSR count). The fraction of sp³-hybridized carbons (Fsp3) is 0.138. The number of rotatable bonds is 5. The maximum atomic E-state index is 14.6. The number of hydrogen-bond donors (Lipinski definition) is 3. The molecule has 5 heterocycles. The number of carbonyl (C=O) groups excluding carboxylic acids is 1. The van der Waals surface area contributed by atoms with Crippen LogP contribution in [0.25, 0.3) is 55.7 Å². The van der Waals surface area contributed by atoms with Crippen molar-refractivity contribution in [2.24, 2.45) is 5.92 Å². The molecule has 0 bridgehead atoms. The highest BCUT2D eigenvalue weighted by Gasteiger charge is 2.25. The summed E-state index contributed by atoms with van der Waals surface area (Å²) in [6.07, 6.45) is 9.73. The van der Waals surface area contributed by atoms with Gasteiger partial charge >= 0.3 is 0 Å². The number of H-pyrrole nitrogens is 2. The summed E-state index contributed by atoms with van der Waals surface area (Å²) in [5.41, 5.74) is 6.93. The standard InChI is InChI=1S/C29H22FN7O/c30-22-7-2-1-6-19(22)21-14-32-15-26-20(21)11-25(34-26)28-27-24(36-37-28)9-8-23(35-27)17-10-18(13-31-12-17)33-29(38)16-4-3-5-16/h1-2,6-16,34H,3-5H2,(H,33,38)(H,36,37). The molecule has 6 aromatic rings. The van der Waals surface area contributed by atoms with Crippen molar-refractivity contribution in [1.29, 1.82) is 0 Å². The average Bonchev–Trinajstić information content (AvgIpc) is 3.52. The van der Waals surface area contributed by atoms with Gasteiger partial charge in [0, 0.05) is 40.4 Å². The molecule has 1 aliphatic carbocycles. The topological polar surface area (TPSA) is 112 Å². The molecule has 5 aromatic heterocycles. The second kappa shape index (κ2) is 8.88. The van der Waals surface area contributed by atoms with Gasteiger partial charge in [-0.1, -0.05) is 24.6 Å². The zero-order valence-corrected chi connectivity index (χ0v) is 20.2. The van der Waals surface area contributed by atoms with E-state index < -0.39 is 0 Å². The minimum atomic E-state index is -0.305. The van der Waals surface area contributed by atoms with E-state index in [0.29, 0.717) is 33.7 Å². The Morgan fingerprint density at radius 2 is 1.82 bits per heavy atom. The summed E-state index contributed by atoms with van der Waals surface area (Å²) in [5, 5.41) is 11.4. The van der Waals surface area contributed by atoms with Crippen LogP contribution >= 0.6 is 0 Å². The summed E-state index contributed by atoms with van der Waals surface area (Å²) in [6.45, 7) is 0. The second-order valence-electron chi connectivity index (χ2n) is 9.56. The van der Waals surface area contributed by atoms with Crippen molar-refractivity contribution in [3.8, 4) is 33.8 Å². The number of nitrogens with one attached hydrogen (secondary N) is 3. The van der Waals surface area contributed by atoms with E-state index in [2.05, 4.69) is 30.5 Å². The lowest BCUT2D eigenvalue weighted by molar-refractivity contribution is -0.122. The van der Waals surface area contributed by atoms with Gasteiger partial charge in [-0.2, -0.15) is 5.10 Å². The smallest absolute Gasteiger partial charge is 0.227 e. The Morgan fingerprint density at radius 1 is 0.947 bits per heavy atom. The molecular weight excluding hydrogens is 481 g/mol. The summed E-state index contributed by atoms with van der Waals surface area (Å²) in [5.74, 6) is -0.174. The minimum absolute atomic E-state index is 0.0405. The number of amides is 1. The molecule has 3 N–H and O–H groups in total. The molecule has 0 aliphatic heterocycles. The SMILES string of the molecule is O=C(Nc1cncc(-c2ccc3[nH]nc(-c4cc5c(-c6ccccc6F)cncc5[nH]4)c3n2)c1)C1CCC1. The first-order valence-electron chi connectivity index (χ1n) is 12.5. The van der Waals surface area contributed by atoms with Crippen molar-refractivity contribution in [2.75, 3.05) is 5.32 Å². The van der Waals surface area contributed by atoms with Crippen molar-refractivity contribution in [3.63, 3.8) is 0 Å². The number of anilines is 1. The molecule has 1 fully saturated rings. The number of aromatic amines is 2. The average molecular weight is 504 g/mol. The number of aromatic nitrogens is 6. The summed E-state index contributed by atoms with van der Waals surface area (Å²) >= 11 is 0. The first kappa shape index (κ1) is 22.3. The number of benzene rings is 1. The molecule has 0 radical (unpaired) electrons. The summed E-state index contributed by atoms with van der Waals surface area (Å²) < 4.78 is 14.6. The van der Waals surface area contributed by atoms with E-state index in [1.807, 2.05) is 24.3 Å². The van der Waals surface area contributed by atoms with E-state index >= 15 is 0 Å². The lowest BCUT2D eigenvalue weighted by atomic mass is 9.85. The first-order chi connectivity index (χ1) is 18.6. The van der Waals surface area contributed by atoms with Gasteiger partial charge < -0.3 is 10.3 Å². The summed E-state index contributed by atoms with van der Waals surface area (Å²) in [4.78, 5) is 29.3. The van der Waals surface area contributed by atoms with Gasteiger partial charge in [-0.05, 0) is 43.2 Å². The molecule has 0 spiro atoms. The number of carbonyl (C=O) groups is 1. The van der Waals surface area contributed by atoms with Gasteiger partial charge in [-0.3, -0.25) is 19.9 Å². The van der Waals surface area contributed by atoms with Crippen molar-refractivity contribution in [1.82, 2.24) is 30.1 Å². The molecule has 9 heteroatoms. The zero-order valence-electron chi connectivity index (χ0n) is 20.2. The minimum Gasteiger partial charge on any atom is -0.352 e. The lowest BCUT2D eigenvalue weighted by Gasteiger charge is -2.24. The number of fused-ring (bicyclic) bond motifs is 2. The first-order valence-corrected chi connectivity index (χ1v) is 12.5. The summed E-state index contributed by atoms with van der Waals surface area (Å²) in [6, 6.07) is 14.3. The number of halogens is 1. The van der Waals surface area contributed by atoms with Gasteiger partial charge in [0.25, 0.3) is 0 Å². The van der Waals surface area contributed by atoms with Crippen LogP contribution in [0.3, 0.4) is 0 Å². The monoisotopic (exact) mass is 503 g/mol. The quantitative estimate of drug-likeness (QED) is 0.263. The predicted octanol–water partition coefficient (Wildman–Crippen LogP) is 6.11. The van der Waals surface area contributed by atoms with Crippen LogP contribution in [0, 0.1) is 11.7 Å². The van der Waals surface area contributed by atoms with Gasteiger partial charge in [-0.25, -0.2) is 9.37 Å². The molecule has 0 saturated heterocycles. The van der Waals surface area contributed by atoms with E-state index in [9.17, 15) is 9.18 Å². The maximum Gasteiger partial charge on any atom is 0.227 e. The third-order valence-electron chi connectivity index (χ3n) is 7.15. The second-order valence-corrected chi connectivity index (χ2v) is 9.56. The van der Waals surface area contributed by atoms with Crippen LogP contribution < -0.4 is 5.32 Å². The predicted molar refractivity (Wildman–Crippen MR) is 144 cm³/mol. The largest absolute Gasteiger partial charge is 0.352 e. The maximum absolute atomic E-state index is 14.6. The van der Waals surface area contributed by atoms with Crippen LogP contribution in [0.1, 0.15) is 19.3 Å². The van der Waals surface area contributed by atoms with Crippen molar-refractivity contribution in [3.05, 3.63) is 79.1 Å². The molecule has 38 heavy (non-hydrogen) atoms. The molecule has 0 atom stereocenters. The van der Waals surface area contributed by atoms with Crippen LogP contribution in [0.2, 0.25) is 0 Å². The van der Waals surface area contributed by atoms with Crippen LogP contribution in [0.5, 0.6) is 0 Å². The van der Waals surface area contributed by atoms with Crippen LogP contribution in [0.4, 0.5) is 10.1 Å². The van der Waals surface area contributed by atoms with Crippen molar-refractivity contribution >= 4 is 33.5 Å². The Hall–Kier alpha value is -4.92. The highest BCUT2D eigenvalue weighted by molar-refractivity contribution is 6.00. The van der Waals surface area contributed by atoms with Crippen LogP contribution in [-0.2, 0) is 4.79 Å². The van der Waals surface area contributed by atoms with E-state index in [4.69, 9.17) is 4.98 Å². The Morgan fingerprint density at radius 3 is 2.66 bits per heavy atom. The third-order valence-corrected chi connectivity index (χ3v) is 7.15. The van der Waals surface area contributed by atoms with Gasteiger partial charge in [-0.15, -0.1) is 0 Å². The molecular formula is C29H22FN7O. The summed E-state index contributed by atoms with van der Waals surface area (Å²) in [7, 11) is 0. The lowest BCUT2D eigenvalue weighted by Crippen LogP contribution is -2.28. The number of nitrogens with zero attached hydrogens (tertiary/aromatic N) is 4. The van der Waals surface area contributed by atoms with Gasteiger partial charge in [0.2, 0.25) is 5.91 Å². The molecule has 0 unspecified atom stereocenters. The zero-order chi connectivity index (χ0) is 25.6. The highest BCUT2D eigenvalue weighted by atomic mass is 19.1. The van der Waals surface area contributed by atoms with E-state index in [1.165, 1.54) is 6.07 Å². The normalized spacial score (nSPS) is 13.6. The molecule has 1 saturated carbocycles. The van der Waals surface area contributed by atoms with Crippen LogP contribution in [-0.4, -0.2) is 36.0 Å². The van der Waals surface area contributed by atoms with E-state index in [0.717, 1.165) is 46.9 Å². The van der Waals surface area contributed by atoms with E-state index in [-0.39, 0.29) is 17.6 Å². The fourth-order valence-corrected chi connectivity index (χ4v) is 4.88. The molecule has 186 valence electrons.